The molecule has 2 heterocycles. The van der Waals surface area contributed by atoms with Crippen molar-refractivity contribution in [3.8, 4) is 11.5 Å². The van der Waals surface area contributed by atoms with Gasteiger partial charge >= 0.3 is 5.97 Å². The van der Waals surface area contributed by atoms with Gasteiger partial charge in [0.25, 0.3) is 5.91 Å². The zero-order valence-electron chi connectivity index (χ0n) is 15.0. The Hall–Kier alpha value is -3.62. The van der Waals surface area contributed by atoms with E-state index >= 15 is 0 Å². The van der Waals surface area contributed by atoms with Gasteiger partial charge in [-0.05, 0) is 18.2 Å². The number of aryl methyl sites for hydroxylation is 1. The predicted octanol–water partition coefficient (Wildman–Crippen LogP) is 1.61. The summed E-state index contributed by atoms with van der Waals surface area (Å²) < 4.78 is 11.9. The zero-order chi connectivity index (χ0) is 19.6. The topological polar surface area (TPSA) is 116 Å². The second-order valence-corrected chi connectivity index (χ2v) is 5.72. The Morgan fingerprint density at radius 2 is 2.00 bits per heavy atom. The van der Waals surface area contributed by atoms with Crippen LogP contribution in [0.2, 0.25) is 0 Å². The van der Waals surface area contributed by atoms with Gasteiger partial charge in [0, 0.05) is 25.2 Å². The number of nitrogens with one attached hydrogen (secondary N) is 1. The van der Waals surface area contributed by atoms with E-state index in [2.05, 4.69) is 15.4 Å². The highest BCUT2D eigenvalue weighted by Crippen LogP contribution is 2.24. The smallest absolute Gasteiger partial charge is 0.355 e. The number of methoxy groups -OCH3 is 2. The Labute approximate surface area is 154 Å². The van der Waals surface area contributed by atoms with Gasteiger partial charge < -0.3 is 19.9 Å². The van der Waals surface area contributed by atoms with Gasteiger partial charge in [-0.3, -0.25) is 9.48 Å². The van der Waals surface area contributed by atoms with Crippen LogP contribution in [-0.4, -0.2) is 46.0 Å². The number of nitrogens with zero attached hydrogens (tertiary/aromatic N) is 3. The largest absolute Gasteiger partial charge is 0.497 e. The van der Waals surface area contributed by atoms with Crippen LogP contribution in [0.3, 0.4) is 0 Å². The molecule has 0 aliphatic rings. The Kier molecular flexibility index (Phi) is 4.93. The van der Waals surface area contributed by atoms with Crippen molar-refractivity contribution in [3.63, 3.8) is 0 Å². The number of carboxylic acid groups (broad SMARTS) is 1. The molecule has 2 aromatic heterocycles. The van der Waals surface area contributed by atoms with Crippen molar-refractivity contribution < 1.29 is 24.2 Å². The molecule has 0 aliphatic heterocycles. The zero-order valence-corrected chi connectivity index (χ0v) is 15.0. The molecule has 0 atom stereocenters. The standard InChI is InChI=1S/C18H18N4O5/c1-22-14-7-13(21-16(18(24)25)12(14)9-20-22)17(23)19-8-10-4-5-11(26-2)6-15(10)27-3/h4-7,9H,8H2,1-3H3,(H,19,23)(H,24,25). The third kappa shape index (κ3) is 3.52. The van der Waals surface area contributed by atoms with Crippen molar-refractivity contribution in [1.29, 1.82) is 0 Å². The van der Waals surface area contributed by atoms with Crippen molar-refractivity contribution in [2.75, 3.05) is 14.2 Å². The number of carbonyl (C=O) groups excluding carboxylic acids is 1. The molecule has 9 heteroatoms. The highest BCUT2D eigenvalue weighted by Gasteiger charge is 2.19. The summed E-state index contributed by atoms with van der Waals surface area (Å²) in [6, 6.07) is 6.75. The lowest BCUT2D eigenvalue weighted by Crippen LogP contribution is -2.25. The van der Waals surface area contributed by atoms with Crippen LogP contribution in [0.5, 0.6) is 11.5 Å². The predicted molar refractivity (Wildman–Crippen MR) is 96.2 cm³/mol. The summed E-state index contributed by atoms with van der Waals surface area (Å²) in [5.74, 6) is -0.523. The first kappa shape index (κ1) is 18.2. The quantitative estimate of drug-likeness (QED) is 0.677. The minimum atomic E-state index is -1.22. The normalized spacial score (nSPS) is 10.6. The number of hydrogen-bond acceptors (Lipinski definition) is 6. The molecule has 0 unspecified atom stereocenters. The average molecular weight is 370 g/mol. The molecule has 0 radical (unpaired) electrons. The number of hydrogen-bond donors (Lipinski definition) is 2. The summed E-state index contributed by atoms with van der Waals surface area (Å²) in [6.45, 7) is 0.180. The maximum Gasteiger partial charge on any atom is 0.355 e. The lowest BCUT2D eigenvalue weighted by Gasteiger charge is -2.11. The highest BCUT2D eigenvalue weighted by molar-refractivity contribution is 6.04. The van der Waals surface area contributed by atoms with Crippen molar-refractivity contribution >= 4 is 22.8 Å². The van der Waals surface area contributed by atoms with E-state index in [1.54, 1.807) is 32.4 Å². The summed E-state index contributed by atoms with van der Waals surface area (Å²) in [7, 11) is 4.74. The molecular weight excluding hydrogens is 352 g/mol. The Bertz CT molecular complexity index is 1030. The molecule has 0 fully saturated rings. The second kappa shape index (κ2) is 7.32. The Morgan fingerprint density at radius 3 is 2.67 bits per heavy atom. The summed E-state index contributed by atoms with van der Waals surface area (Å²) in [5, 5.41) is 16.5. The van der Waals surface area contributed by atoms with Gasteiger partial charge in [-0.25, -0.2) is 9.78 Å². The number of carboxylic acids is 1. The van der Waals surface area contributed by atoms with Crippen molar-refractivity contribution in [2.45, 2.75) is 6.54 Å². The molecule has 9 nitrogen and oxygen atoms in total. The third-order valence-electron chi connectivity index (χ3n) is 4.11. The first-order chi connectivity index (χ1) is 12.9. The first-order valence-corrected chi connectivity index (χ1v) is 7.99. The van der Waals surface area contributed by atoms with Crippen LogP contribution in [0.1, 0.15) is 26.5 Å². The number of pyridine rings is 1. The Balaban J connectivity index is 1.87. The Morgan fingerprint density at radius 1 is 1.22 bits per heavy atom. The van der Waals surface area contributed by atoms with Crippen LogP contribution in [-0.2, 0) is 13.6 Å². The van der Waals surface area contributed by atoms with Gasteiger partial charge in [0.1, 0.15) is 17.2 Å². The van der Waals surface area contributed by atoms with Crippen molar-refractivity contribution in [1.82, 2.24) is 20.1 Å². The molecule has 0 bridgehead atoms. The first-order valence-electron chi connectivity index (χ1n) is 7.99. The summed E-state index contributed by atoms with van der Waals surface area (Å²) in [6.07, 6.45) is 1.41. The lowest BCUT2D eigenvalue weighted by atomic mass is 10.1. The number of aromatic carboxylic acids is 1. The molecular formula is C18H18N4O5. The number of amides is 1. The number of carbonyl (C=O) groups is 2. The van der Waals surface area contributed by atoms with Gasteiger partial charge in [0.15, 0.2) is 5.69 Å². The van der Waals surface area contributed by atoms with Gasteiger partial charge in [-0.2, -0.15) is 5.10 Å². The van der Waals surface area contributed by atoms with E-state index in [4.69, 9.17) is 9.47 Å². The fourth-order valence-electron chi connectivity index (χ4n) is 2.69. The molecule has 3 aromatic rings. The van der Waals surface area contributed by atoms with Crippen molar-refractivity contribution in [2.24, 2.45) is 7.05 Å². The van der Waals surface area contributed by atoms with Gasteiger partial charge in [-0.15, -0.1) is 0 Å². The number of benzene rings is 1. The maximum atomic E-state index is 12.5. The summed E-state index contributed by atoms with van der Waals surface area (Å²) >= 11 is 0. The van der Waals surface area contributed by atoms with E-state index in [0.717, 1.165) is 5.56 Å². The number of aromatic nitrogens is 3. The van der Waals surface area contributed by atoms with Crippen LogP contribution >= 0.6 is 0 Å². The van der Waals surface area contributed by atoms with Crippen LogP contribution in [0.4, 0.5) is 0 Å². The highest BCUT2D eigenvalue weighted by atomic mass is 16.5. The molecule has 0 saturated carbocycles. The van der Waals surface area contributed by atoms with Crippen LogP contribution in [0, 0.1) is 0 Å². The van der Waals surface area contributed by atoms with Gasteiger partial charge in [0.05, 0.1) is 31.3 Å². The maximum absolute atomic E-state index is 12.5. The second-order valence-electron chi connectivity index (χ2n) is 5.72. The molecule has 0 spiro atoms. The van der Waals surface area contributed by atoms with Crippen LogP contribution in [0.25, 0.3) is 10.9 Å². The lowest BCUT2D eigenvalue weighted by molar-refractivity contribution is 0.0692. The molecule has 3 rings (SSSR count). The average Bonchev–Trinajstić information content (AvgIpc) is 3.05. The van der Waals surface area contributed by atoms with Crippen LogP contribution < -0.4 is 14.8 Å². The number of rotatable bonds is 6. The monoisotopic (exact) mass is 370 g/mol. The third-order valence-corrected chi connectivity index (χ3v) is 4.11. The fraction of sp³-hybridized carbons (Fsp3) is 0.222. The fourth-order valence-corrected chi connectivity index (χ4v) is 2.69. The minimum absolute atomic E-state index is 0.00372. The molecule has 1 aromatic carbocycles. The number of ether oxygens (including phenoxy) is 2. The van der Waals surface area contributed by atoms with E-state index < -0.39 is 11.9 Å². The van der Waals surface area contributed by atoms with E-state index in [-0.39, 0.29) is 17.9 Å². The van der Waals surface area contributed by atoms with Crippen LogP contribution in [0.15, 0.2) is 30.5 Å². The molecule has 27 heavy (non-hydrogen) atoms. The summed E-state index contributed by atoms with van der Waals surface area (Å²) in [5.41, 5.74) is 1.03. The number of fused-ring (bicyclic) bond motifs is 1. The molecule has 2 N–H and O–H groups in total. The van der Waals surface area contributed by atoms with E-state index in [9.17, 15) is 14.7 Å². The van der Waals surface area contributed by atoms with E-state index in [0.29, 0.717) is 22.4 Å². The minimum Gasteiger partial charge on any atom is -0.497 e. The molecule has 1 amide bonds. The summed E-state index contributed by atoms with van der Waals surface area (Å²) in [4.78, 5) is 28.0. The molecule has 0 aliphatic carbocycles. The van der Waals surface area contributed by atoms with Crippen molar-refractivity contribution in [3.05, 3.63) is 47.4 Å². The molecule has 0 saturated heterocycles. The van der Waals surface area contributed by atoms with E-state index in [1.165, 1.54) is 24.1 Å². The van der Waals surface area contributed by atoms with Gasteiger partial charge in [-0.1, -0.05) is 0 Å². The van der Waals surface area contributed by atoms with E-state index in [1.807, 2.05) is 0 Å². The molecule has 140 valence electrons. The van der Waals surface area contributed by atoms with Gasteiger partial charge in [0.2, 0.25) is 0 Å². The SMILES string of the molecule is COc1ccc(CNC(=O)c2cc3c(cnn3C)c(C(=O)O)n2)c(OC)c1.